The standard InChI is InChI=1S/C24H30N2O2/c1-18-9-8-12-21(15-18)17-26(23(27)16-20-10-4-3-5-11-20)19(2)24(28)25-22-13-6-7-14-22/h3-5,8-12,15,19,22H,6-7,13-14,16-17H2,1-2H3,(H,25,28)/t19-/m1/s1. The van der Waals surface area contributed by atoms with Gasteiger partial charge in [0, 0.05) is 12.6 Å². The summed E-state index contributed by atoms with van der Waals surface area (Å²) in [7, 11) is 0. The minimum Gasteiger partial charge on any atom is -0.352 e. The van der Waals surface area contributed by atoms with Crippen molar-refractivity contribution in [3.63, 3.8) is 0 Å². The van der Waals surface area contributed by atoms with Crippen LogP contribution in [0.3, 0.4) is 0 Å². The van der Waals surface area contributed by atoms with E-state index in [-0.39, 0.29) is 17.9 Å². The van der Waals surface area contributed by atoms with Crippen LogP contribution in [0.25, 0.3) is 0 Å². The molecule has 3 rings (SSSR count). The molecule has 1 N–H and O–H groups in total. The maximum atomic E-state index is 13.1. The van der Waals surface area contributed by atoms with E-state index in [4.69, 9.17) is 0 Å². The van der Waals surface area contributed by atoms with E-state index in [0.717, 1.165) is 29.5 Å². The van der Waals surface area contributed by atoms with Gasteiger partial charge >= 0.3 is 0 Å². The Morgan fingerprint density at radius 2 is 1.71 bits per heavy atom. The molecule has 1 aliphatic carbocycles. The molecule has 4 heteroatoms. The third-order valence-corrected chi connectivity index (χ3v) is 5.50. The first-order valence-corrected chi connectivity index (χ1v) is 10.2. The van der Waals surface area contributed by atoms with Gasteiger partial charge in [0.05, 0.1) is 6.42 Å². The molecule has 148 valence electrons. The van der Waals surface area contributed by atoms with Crippen LogP contribution >= 0.6 is 0 Å². The fourth-order valence-electron chi connectivity index (χ4n) is 3.85. The highest BCUT2D eigenvalue weighted by Crippen LogP contribution is 2.19. The van der Waals surface area contributed by atoms with Crippen molar-refractivity contribution in [2.24, 2.45) is 0 Å². The predicted molar refractivity (Wildman–Crippen MR) is 112 cm³/mol. The molecule has 1 saturated carbocycles. The molecule has 1 fully saturated rings. The van der Waals surface area contributed by atoms with Crippen molar-refractivity contribution in [3.8, 4) is 0 Å². The third-order valence-electron chi connectivity index (χ3n) is 5.50. The molecular formula is C24H30N2O2. The third kappa shape index (κ3) is 5.44. The fourth-order valence-corrected chi connectivity index (χ4v) is 3.85. The van der Waals surface area contributed by atoms with E-state index in [9.17, 15) is 9.59 Å². The van der Waals surface area contributed by atoms with Crippen molar-refractivity contribution in [2.45, 2.75) is 64.6 Å². The Labute approximate surface area is 167 Å². The van der Waals surface area contributed by atoms with Crippen molar-refractivity contribution < 1.29 is 9.59 Å². The summed E-state index contributed by atoms with van der Waals surface area (Å²) in [5.74, 6) is -0.0808. The van der Waals surface area contributed by atoms with Gasteiger partial charge in [-0.05, 0) is 37.8 Å². The van der Waals surface area contributed by atoms with Crippen LogP contribution in [0.15, 0.2) is 54.6 Å². The van der Waals surface area contributed by atoms with E-state index in [1.165, 1.54) is 12.8 Å². The van der Waals surface area contributed by atoms with Crippen LogP contribution in [0, 0.1) is 6.92 Å². The maximum absolute atomic E-state index is 13.1. The SMILES string of the molecule is Cc1cccc(CN(C(=O)Cc2ccccc2)[C@H](C)C(=O)NC2CCCC2)c1. The quantitative estimate of drug-likeness (QED) is 0.791. The Hall–Kier alpha value is -2.62. The van der Waals surface area contributed by atoms with E-state index in [0.29, 0.717) is 13.0 Å². The van der Waals surface area contributed by atoms with Gasteiger partial charge in [0.1, 0.15) is 6.04 Å². The molecule has 0 radical (unpaired) electrons. The molecule has 2 amide bonds. The van der Waals surface area contributed by atoms with Gasteiger partial charge in [0.2, 0.25) is 11.8 Å². The van der Waals surface area contributed by atoms with Crippen LogP contribution < -0.4 is 5.32 Å². The van der Waals surface area contributed by atoms with Gasteiger partial charge < -0.3 is 10.2 Å². The lowest BCUT2D eigenvalue weighted by atomic mass is 10.1. The summed E-state index contributed by atoms with van der Waals surface area (Å²) in [6, 6.07) is 17.6. The lowest BCUT2D eigenvalue weighted by Crippen LogP contribution is -2.50. The minimum atomic E-state index is -0.502. The van der Waals surface area contributed by atoms with Crippen LogP contribution in [-0.4, -0.2) is 28.8 Å². The van der Waals surface area contributed by atoms with Gasteiger partial charge in [-0.2, -0.15) is 0 Å². The highest BCUT2D eigenvalue weighted by molar-refractivity contribution is 5.88. The smallest absolute Gasteiger partial charge is 0.242 e. The lowest BCUT2D eigenvalue weighted by molar-refractivity contribution is -0.140. The van der Waals surface area contributed by atoms with Gasteiger partial charge in [0.25, 0.3) is 0 Å². The number of hydrogen-bond acceptors (Lipinski definition) is 2. The number of aryl methyl sites for hydroxylation is 1. The van der Waals surface area contributed by atoms with Crippen LogP contribution in [-0.2, 0) is 22.6 Å². The second kappa shape index (κ2) is 9.54. The molecular weight excluding hydrogens is 348 g/mol. The van der Waals surface area contributed by atoms with Crippen LogP contribution in [0.1, 0.15) is 49.3 Å². The van der Waals surface area contributed by atoms with Crippen LogP contribution in [0.5, 0.6) is 0 Å². The zero-order chi connectivity index (χ0) is 19.9. The first-order chi connectivity index (χ1) is 13.5. The van der Waals surface area contributed by atoms with E-state index in [2.05, 4.69) is 11.4 Å². The summed E-state index contributed by atoms with van der Waals surface area (Å²) < 4.78 is 0. The molecule has 0 aromatic heterocycles. The molecule has 2 aromatic rings. The van der Waals surface area contributed by atoms with Crippen molar-refractivity contribution in [1.82, 2.24) is 10.2 Å². The van der Waals surface area contributed by atoms with E-state index in [1.807, 2.05) is 62.4 Å². The highest BCUT2D eigenvalue weighted by atomic mass is 16.2. The molecule has 0 aliphatic heterocycles. The summed E-state index contributed by atoms with van der Waals surface area (Å²) in [5, 5.41) is 3.14. The molecule has 0 saturated heterocycles. The second-order valence-electron chi connectivity index (χ2n) is 7.84. The molecule has 0 unspecified atom stereocenters. The first kappa shape index (κ1) is 20.1. The Morgan fingerprint density at radius 1 is 1.04 bits per heavy atom. The van der Waals surface area contributed by atoms with Gasteiger partial charge in [-0.15, -0.1) is 0 Å². The highest BCUT2D eigenvalue weighted by Gasteiger charge is 2.28. The fraction of sp³-hybridized carbons (Fsp3) is 0.417. The number of rotatable bonds is 7. The number of carbonyl (C=O) groups excluding carboxylic acids is 2. The summed E-state index contributed by atoms with van der Waals surface area (Å²) in [6.07, 6.45) is 4.70. The number of benzene rings is 2. The Bertz CT molecular complexity index is 797. The van der Waals surface area contributed by atoms with Gasteiger partial charge in [0.15, 0.2) is 0 Å². The largest absolute Gasteiger partial charge is 0.352 e. The molecule has 4 nitrogen and oxygen atoms in total. The van der Waals surface area contributed by atoms with Crippen molar-refractivity contribution in [2.75, 3.05) is 0 Å². The average molecular weight is 379 g/mol. The van der Waals surface area contributed by atoms with Gasteiger partial charge in [-0.1, -0.05) is 73.0 Å². The Balaban J connectivity index is 1.76. The number of amides is 2. The number of hydrogen-bond donors (Lipinski definition) is 1. The van der Waals surface area contributed by atoms with Crippen LogP contribution in [0.2, 0.25) is 0 Å². The molecule has 1 atom stereocenters. The molecule has 1 aliphatic rings. The average Bonchev–Trinajstić information content (AvgIpc) is 3.19. The summed E-state index contributed by atoms with van der Waals surface area (Å²) in [4.78, 5) is 27.7. The van der Waals surface area contributed by atoms with Crippen molar-refractivity contribution in [1.29, 1.82) is 0 Å². The van der Waals surface area contributed by atoms with E-state index < -0.39 is 6.04 Å². The Morgan fingerprint density at radius 3 is 2.39 bits per heavy atom. The van der Waals surface area contributed by atoms with Crippen molar-refractivity contribution >= 4 is 11.8 Å². The van der Waals surface area contributed by atoms with Crippen molar-refractivity contribution in [3.05, 3.63) is 71.3 Å². The first-order valence-electron chi connectivity index (χ1n) is 10.2. The van der Waals surface area contributed by atoms with Gasteiger partial charge in [-0.3, -0.25) is 9.59 Å². The topological polar surface area (TPSA) is 49.4 Å². The molecule has 0 spiro atoms. The zero-order valence-electron chi connectivity index (χ0n) is 16.9. The Kier molecular flexibility index (Phi) is 6.85. The van der Waals surface area contributed by atoms with Gasteiger partial charge in [-0.25, -0.2) is 0 Å². The molecule has 28 heavy (non-hydrogen) atoms. The monoisotopic (exact) mass is 378 g/mol. The number of carbonyl (C=O) groups is 2. The number of nitrogens with one attached hydrogen (secondary N) is 1. The molecule has 0 heterocycles. The predicted octanol–water partition coefficient (Wildman–Crippen LogP) is 4.01. The second-order valence-corrected chi connectivity index (χ2v) is 7.84. The molecule has 0 bridgehead atoms. The lowest BCUT2D eigenvalue weighted by Gasteiger charge is -2.30. The molecule has 2 aromatic carbocycles. The van der Waals surface area contributed by atoms with Crippen LogP contribution in [0.4, 0.5) is 0 Å². The number of nitrogens with zero attached hydrogens (tertiary/aromatic N) is 1. The van der Waals surface area contributed by atoms with E-state index >= 15 is 0 Å². The minimum absolute atomic E-state index is 0.0261. The maximum Gasteiger partial charge on any atom is 0.242 e. The zero-order valence-corrected chi connectivity index (χ0v) is 16.9. The summed E-state index contributed by atoms with van der Waals surface area (Å²) in [5.41, 5.74) is 3.16. The summed E-state index contributed by atoms with van der Waals surface area (Å²) >= 11 is 0. The van der Waals surface area contributed by atoms with E-state index in [1.54, 1.807) is 4.90 Å². The normalized spacial score (nSPS) is 15.2. The summed E-state index contributed by atoms with van der Waals surface area (Å²) in [6.45, 7) is 4.31.